The SMILES string of the molecule is c1ccc2c(c1)-c1ccccc1C21c2ccccc2-c2ccc(Cc3cccc4ccccc34)cc21. The Morgan fingerprint density at radius 3 is 1.61 bits per heavy atom. The van der Waals surface area contributed by atoms with Gasteiger partial charge in [0.2, 0.25) is 0 Å². The fourth-order valence-corrected chi connectivity index (χ4v) is 6.92. The van der Waals surface area contributed by atoms with E-state index in [4.69, 9.17) is 0 Å². The first-order valence-electron chi connectivity index (χ1n) is 12.7. The molecule has 0 heterocycles. The molecule has 0 saturated carbocycles. The normalized spacial score (nSPS) is 13.9. The summed E-state index contributed by atoms with van der Waals surface area (Å²) < 4.78 is 0. The second kappa shape index (κ2) is 7.29. The molecule has 168 valence electrons. The molecule has 1 spiro atoms. The van der Waals surface area contributed by atoms with Crippen molar-refractivity contribution in [3.8, 4) is 22.3 Å². The van der Waals surface area contributed by atoms with Crippen LogP contribution in [0.25, 0.3) is 33.0 Å². The zero-order valence-electron chi connectivity index (χ0n) is 19.9. The molecular formula is C36H24. The molecule has 0 aliphatic heterocycles. The predicted molar refractivity (Wildman–Crippen MR) is 149 cm³/mol. The van der Waals surface area contributed by atoms with E-state index >= 15 is 0 Å². The van der Waals surface area contributed by atoms with Gasteiger partial charge in [0.15, 0.2) is 0 Å². The number of rotatable bonds is 2. The molecule has 0 fully saturated rings. The van der Waals surface area contributed by atoms with E-state index in [-0.39, 0.29) is 5.41 Å². The van der Waals surface area contributed by atoms with Gasteiger partial charge in [-0.3, -0.25) is 0 Å². The molecule has 0 aromatic heterocycles. The van der Waals surface area contributed by atoms with Crippen LogP contribution in [-0.2, 0) is 11.8 Å². The van der Waals surface area contributed by atoms with Crippen molar-refractivity contribution in [3.05, 3.63) is 167 Å². The first-order valence-corrected chi connectivity index (χ1v) is 12.7. The van der Waals surface area contributed by atoms with Crippen molar-refractivity contribution >= 4 is 10.8 Å². The minimum Gasteiger partial charge on any atom is -0.0619 e. The van der Waals surface area contributed by atoms with Gasteiger partial charge in [-0.2, -0.15) is 0 Å². The summed E-state index contributed by atoms with van der Waals surface area (Å²) in [6.07, 6.45) is 0.921. The minimum atomic E-state index is -0.270. The molecule has 0 heteroatoms. The highest BCUT2D eigenvalue weighted by Gasteiger charge is 2.51. The molecule has 0 N–H and O–H groups in total. The minimum absolute atomic E-state index is 0.270. The van der Waals surface area contributed by atoms with Gasteiger partial charge in [0.1, 0.15) is 0 Å². The zero-order valence-corrected chi connectivity index (χ0v) is 19.9. The smallest absolute Gasteiger partial charge is 0.0619 e. The first-order chi connectivity index (χ1) is 17.9. The third-order valence-electron chi connectivity index (χ3n) is 8.34. The van der Waals surface area contributed by atoms with Gasteiger partial charge in [-0.05, 0) is 72.8 Å². The van der Waals surface area contributed by atoms with Crippen LogP contribution >= 0.6 is 0 Å². The summed E-state index contributed by atoms with van der Waals surface area (Å²) in [7, 11) is 0. The van der Waals surface area contributed by atoms with Gasteiger partial charge < -0.3 is 0 Å². The summed E-state index contributed by atoms with van der Waals surface area (Å²) >= 11 is 0. The van der Waals surface area contributed by atoms with Gasteiger partial charge in [-0.25, -0.2) is 0 Å². The molecule has 0 radical (unpaired) electrons. The Balaban J connectivity index is 1.40. The molecule has 2 aliphatic rings. The van der Waals surface area contributed by atoms with Crippen molar-refractivity contribution in [2.45, 2.75) is 11.8 Å². The molecule has 8 rings (SSSR count). The molecule has 0 unspecified atom stereocenters. The van der Waals surface area contributed by atoms with Crippen molar-refractivity contribution < 1.29 is 0 Å². The van der Waals surface area contributed by atoms with Crippen molar-refractivity contribution in [1.29, 1.82) is 0 Å². The van der Waals surface area contributed by atoms with Crippen molar-refractivity contribution in [3.63, 3.8) is 0 Å². The van der Waals surface area contributed by atoms with E-state index in [0.717, 1.165) is 6.42 Å². The number of fused-ring (bicyclic) bond motifs is 11. The monoisotopic (exact) mass is 456 g/mol. The van der Waals surface area contributed by atoms with Gasteiger partial charge in [-0.15, -0.1) is 0 Å². The lowest BCUT2D eigenvalue weighted by Crippen LogP contribution is -2.26. The Labute approximate surface area is 211 Å². The largest absolute Gasteiger partial charge is 0.0725 e. The molecule has 36 heavy (non-hydrogen) atoms. The van der Waals surface area contributed by atoms with Crippen LogP contribution in [0.2, 0.25) is 0 Å². The summed E-state index contributed by atoms with van der Waals surface area (Å²) in [5, 5.41) is 2.65. The van der Waals surface area contributed by atoms with Crippen LogP contribution in [0.4, 0.5) is 0 Å². The lowest BCUT2D eigenvalue weighted by molar-refractivity contribution is 0.792. The van der Waals surface area contributed by atoms with E-state index in [1.807, 2.05) is 0 Å². The molecule has 0 atom stereocenters. The second-order valence-electron chi connectivity index (χ2n) is 10.1. The number of hydrogen-bond donors (Lipinski definition) is 0. The van der Waals surface area contributed by atoms with Crippen molar-refractivity contribution in [2.24, 2.45) is 0 Å². The van der Waals surface area contributed by atoms with Crippen LogP contribution in [-0.4, -0.2) is 0 Å². The predicted octanol–water partition coefficient (Wildman–Crippen LogP) is 8.77. The van der Waals surface area contributed by atoms with Gasteiger partial charge in [0.25, 0.3) is 0 Å². The Kier molecular flexibility index (Phi) is 4.02. The average molecular weight is 457 g/mol. The maximum atomic E-state index is 2.50. The number of hydrogen-bond acceptors (Lipinski definition) is 0. The van der Waals surface area contributed by atoms with Gasteiger partial charge >= 0.3 is 0 Å². The second-order valence-corrected chi connectivity index (χ2v) is 10.1. The maximum absolute atomic E-state index is 2.50. The van der Waals surface area contributed by atoms with E-state index in [9.17, 15) is 0 Å². The molecule has 0 saturated heterocycles. The molecule has 0 nitrogen and oxygen atoms in total. The van der Waals surface area contributed by atoms with Crippen LogP contribution in [0.1, 0.15) is 33.4 Å². The fraction of sp³-hybridized carbons (Fsp3) is 0.0556. The quantitative estimate of drug-likeness (QED) is 0.244. The molecule has 2 aliphatic carbocycles. The molecule has 0 bridgehead atoms. The summed E-state index contributed by atoms with van der Waals surface area (Å²) in [4.78, 5) is 0. The van der Waals surface area contributed by atoms with Crippen LogP contribution in [0, 0.1) is 0 Å². The van der Waals surface area contributed by atoms with Crippen LogP contribution in [0.5, 0.6) is 0 Å². The summed E-state index contributed by atoms with van der Waals surface area (Å²) in [5.41, 5.74) is 13.5. The molecule has 0 amide bonds. The van der Waals surface area contributed by atoms with Crippen molar-refractivity contribution in [2.75, 3.05) is 0 Å². The van der Waals surface area contributed by atoms with E-state index in [1.54, 1.807) is 0 Å². The van der Waals surface area contributed by atoms with E-state index < -0.39 is 0 Å². The third kappa shape index (κ3) is 2.49. The van der Waals surface area contributed by atoms with E-state index in [2.05, 4.69) is 133 Å². The average Bonchev–Trinajstić information content (AvgIpc) is 3.40. The lowest BCUT2D eigenvalue weighted by atomic mass is 9.70. The summed E-state index contributed by atoms with van der Waals surface area (Å²) in [5.74, 6) is 0. The Hall–Kier alpha value is -4.42. The summed E-state index contributed by atoms with van der Waals surface area (Å²) in [6, 6.07) is 49.7. The standard InChI is InChI=1S/C36H24/c1-2-13-27-25(10-1)11-9-12-26(27)22-24-20-21-31-30-16-5-8-19-34(30)36(35(31)23-24)32-17-6-3-14-28(32)29-15-4-7-18-33(29)36/h1-21,23H,22H2. The van der Waals surface area contributed by atoms with Crippen LogP contribution < -0.4 is 0 Å². The molecule has 6 aromatic rings. The summed E-state index contributed by atoms with van der Waals surface area (Å²) in [6.45, 7) is 0. The lowest BCUT2D eigenvalue weighted by Gasteiger charge is -2.30. The van der Waals surface area contributed by atoms with Gasteiger partial charge in [0.05, 0.1) is 5.41 Å². The highest BCUT2D eigenvalue weighted by molar-refractivity contribution is 5.95. The Bertz CT molecular complexity index is 1750. The van der Waals surface area contributed by atoms with E-state index in [0.29, 0.717) is 0 Å². The highest BCUT2D eigenvalue weighted by Crippen LogP contribution is 2.62. The zero-order chi connectivity index (χ0) is 23.7. The third-order valence-corrected chi connectivity index (χ3v) is 8.34. The number of benzene rings is 6. The van der Waals surface area contributed by atoms with E-state index in [1.165, 1.54) is 66.4 Å². The van der Waals surface area contributed by atoms with Crippen LogP contribution in [0.3, 0.4) is 0 Å². The Morgan fingerprint density at radius 2 is 0.944 bits per heavy atom. The Morgan fingerprint density at radius 1 is 0.417 bits per heavy atom. The fourth-order valence-electron chi connectivity index (χ4n) is 6.92. The molecule has 6 aromatic carbocycles. The maximum Gasteiger partial charge on any atom is 0.0725 e. The molecular weight excluding hydrogens is 432 g/mol. The van der Waals surface area contributed by atoms with Crippen molar-refractivity contribution in [1.82, 2.24) is 0 Å². The van der Waals surface area contributed by atoms with Gasteiger partial charge in [0, 0.05) is 0 Å². The topological polar surface area (TPSA) is 0 Å². The van der Waals surface area contributed by atoms with Crippen LogP contribution in [0.15, 0.2) is 133 Å². The first kappa shape index (κ1) is 19.8. The van der Waals surface area contributed by atoms with Gasteiger partial charge in [-0.1, -0.05) is 133 Å². The highest BCUT2D eigenvalue weighted by atomic mass is 14.5.